The number of nitrogens with zero attached hydrogens (tertiary/aromatic N) is 1. The minimum Gasteiger partial charge on any atom is -0.394 e. The van der Waals surface area contributed by atoms with Gasteiger partial charge in [-0.2, -0.15) is 23.5 Å². The Morgan fingerprint density at radius 3 is 2.58 bits per heavy atom. The van der Waals surface area contributed by atoms with E-state index in [0.717, 1.165) is 0 Å². The Kier molecular flexibility index (Phi) is 4.77. The lowest BCUT2D eigenvalue weighted by Gasteiger charge is -2.21. The van der Waals surface area contributed by atoms with Crippen LogP contribution in [0, 0.1) is 0 Å². The largest absolute Gasteiger partial charge is 0.394 e. The number of rotatable bonds is 4. The Labute approximate surface area is 118 Å². The van der Waals surface area contributed by atoms with E-state index in [2.05, 4.69) is 4.98 Å². The van der Waals surface area contributed by atoms with Crippen molar-refractivity contribution < 1.29 is 9.84 Å². The third-order valence-electron chi connectivity index (χ3n) is 3.14. The van der Waals surface area contributed by atoms with Gasteiger partial charge in [-0.3, -0.25) is 14.3 Å². The maximum atomic E-state index is 11.8. The average molecular weight is 304 g/mol. The lowest BCUT2D eigenvalue weighted by Crippen LogP contribution is -2.35. The number of thioether (sulfide) groups is 2. The van der Waals surface area contributed by atoms with Crippen molar-refractivity contribution in [1.29, 1.82) is 0 Å². The lowest BCUT2D eigenvalue weighted by molar-refractivity contribution is -0.0225. The molecule has 0 unspecified atom stereocenters. The second-order valence-corrected chi connectivity index (χ2v) is 6.20. The molecule has 0 spiro atoms. The normalized spacial score (nSPS) is 30.7. The van der Waals surface area contributed by atoms with E-state index in [4.69, 9.17) is 4.74 Å². The van der Waals surface area contributed by atoms with Crippen LogP contribution in [0.25, 0.3) is 0 Å². The molecule has 19 heavy (non-hydrogen) atoms. The summed E-state index contributed by atoms with van der Waals surface area (Å²) in [6, 6.07) is 1.29. The molecule has 1 aliphatic rings. The molecule has 2 N–H and O–H groups in total. The maximum absolute atomic E-state index is 11.8. The average Bonchev–Trinajstić information content (AvgIpc) is 2.76. The summed E-state index contributed by atoms with van der Waals surface area (Å²) in [5, 5.41) is 9.50. The third kappa shape index (κ3) is 2.76. The zero-order valence-corrected chi connectivity index (χ0v) is 12.2. The van der Waals surface area contributed by atoms with E-state index in [9.17, 15) is 14.7 Å². The monoisotopic (exact) mass is 304 g/mol. The molecule has 1 aromatic heterocycles. The summed E-state index contributed by atoms with van der Waals surface area (Å²) < 4.78 is 7.15. The molecule has 4 atom stereocenters. The van der Waals surface area contributed by atoms with Crippen molar-refractivity contribution in [2.24, 2.45) is 0 Å². The fourth-order valence-electron chi connectivity index (χ4n) is 2.24. The van der Waals surface area contributed by atoms with Crippen molar-refractivity contribution in [1.82, 2.24) is 9.55 Å². The first-order valence-corrected chi connectivity index (χ1v) is 8.33. The van der Waals surface area contributed by atoms with Crippen LogP contribution in [-0.2, 0) is 4.74 Å². The van der Waals surface area contributed by atoms with Gasteiger partial charge in [-0.25, -0.2) is 4.79 Å². The van der Waals surface area contributed by atoms with Crippen LogP contribution in [0.15, 0.2) is 21.9 Å². The second kappa shape index (κ2) is 6.17. The quantitative estimate of drug-likeness (QED) is 0.807. The van der Waals surface area contributed by atoms with E-state index < -0.39 is 17.5 Å². The van der Waals surface area contributed by atoms with Crippen molar-refractivity contribution in [2.45, 2.75) is 22.8 Å². The number of hydrogen-bond acceptors (Lipinski definition) is 6. The zero-order chi connectivity index (χ0) is 14.0. The Bertz CT molecular complexity index is 544. The summed E-state index contributed by atoms with van der Waals surface area (Å²) in [5.74, 6) is 0. The number of ether oxygens (including phenoxy) is 1. The van der Waals surface area contributed by atoms with Gasteiger partial charge in [0, 0.05) is 17.5 Å². The minimum atomic E-state index is -0.491. The summed E-state index contributed by atoms with van der Waals surface area (Å²) in [4.78, 5) is 25.1. The van der Waals surface area contributed by atoms with Crippen molar-refractivity contribution >= 4 is 23.5 Å². The predicted molar refractivity (Wildman–Crippen MR) is 76.9 cm³/mol. The van der Waals surface area contributed by atoms with Gasteiger partial charge in [-0.05, 0) is 12.5 Å². The highest BCUT2D eigenvalue weighted by atomic mass is 32.2. The first-order valence-electron chi connectivity index (χ1n) is 5.75. The molecule has 106 valence electrons. The first kappa shape index (κ1) is 14.7. The summed E-state index contributed by atoms with van der Waals surface area (Å²) in [6.07, 6.45) is 4.55. The van der Waals surface area contributed by atoms with Gasteiger partial charge < -0.3 is 9.84 Å². The molecule has 1 aromatic rings. The van der Waals surface area contributed by atoms with Crippen LogP contribution < -0.4 is 11.2 Å². The smallest absolute Gasteiger partial charge is 0.330 e. The van der Waals surface area contributed by atoms with Crippen molar-refractivity contribution in [3.8, 4) is 0 Å². The number of aromatic amines is 1. The third-order valence-corrected chi connectivity index (χ3v) is 5.52. The van der Waals surface area contributed by atoms with Gasteiger partial charge >= 0.3 is 5.69 Å². The fourth-order valence-corrected chi connectivity index (χ4v) is 4.64. The molecule has 1 saturated heterocycles. The summed E-state index contributed by atoms with van der Waals surface area (Å²) >= 11 is 3.20. The molecule has 6 nitrogen and oxygen atoms in total. The number of nitrogens with one attached hydrogen (secondary N) is 1. The number of aliphatic hydroxyl groups excluding tert-OH is 1. The topological polar surface area (TPSA) is 84.3 Å². The number of hydrogen-bond donors (Lipinski definition) is 2. The molecule has 0 amide bonds. The van der Waals surface area contributed by atoms with Gasteiger partial charge in [0.25, 0.3) is 5.56 Å². The molecule has 0 saturated carbocycles. The van der Waals surface area contributed by atoms with Gasteiger partial charge in [0.05, 0.1) is 18.0 Å². The summed E-state index contributed by atoms with van der Waals surface area (Å²) in [7, 11) is 0. The molecule has 2 heterocycles. The SMILES string of the molecule is CS[C@@H]1[C@H](SC)[C@@H](CO)O[C@H]1n1ccc(=O)[nH]c1=O. The molecule has 0 radical (unpaired) electrons. The van der Waals surface area contributed by atoms with Crippen molar-refractivity contribution in [3.63, 3.8) is 0 Å². The predicted octanol–water partition coefficient (Wildman–Crippen LogP) is -0.110. The van der Waals surface area contributed by atoms with Gasteiger partial charge in [0.2, 0.25) is 0 Å². The highest BCUT2D eigenvalue weighted by molar-refractivity contribution is 8.03. The molecule has 0 aromatic carbocycles. The van der Waals surface area contributed by atoms with Gasteiger partial charge in [0.1, 0.15) is 0 Å². The second-order valence-electron chi connectivity index (χ2n) is 4.17. The molecule has 2 rings (SSSR count). The highest BCUT2D eigenvalue weighted by Gasteiger charge is 2.44. The molecule has 8 heteroatoms. The van der Waals surface area contributed by atoms with E-state index in [1.807, 2.05) is 12.5 Å². The summed E-state index contributed by atoms with van der Waals surface area (Å²) in [6.45, 7) is -0.0861. The Morgan fingerprint density at radius 2 is 2.05 bits per heavy atom. The molecule has 1 fully saturated rings. The van der Waals surface area contributed by atoms with E-state index >= 15 is 0 Å². The van der Waals surface area contributed by atoms with E-state index in [1.54, 1.807) is 23.5 Å². The van der Waals surface area contributed by atoms with Crippen LogP contribution in [0.5, 0.6) is 0 Å². The van der Waals surface area contributed by atoms with Crippen LogP contribution in [0.1, 0.15) is 6.23 Å². The van der Waals surface area contributed by atoms with Crippen LogP contribution in [0.3, 0.4) is 0 Å². The van der Waals surface area contributed by atoms with E-state index in [0.29, 0.717) is 0 Å². The summed E-state index contributed by atoms with van der Waals surface area (Å²) in [5.41, 5.74) is -0.921. The maximum Gasteiger partial charge on any atom is 0.330 e. The zero-order valence-electron chi connectivity index (χ0n) is 10.6. The van der Waals surface area contributed by atoms with E-state index in [-0.39, 0.29) is 23.2 Å². The fraction of sp³-hybridized carbons (Fsp3) is 0.636. The Morgan fingerprint density at radius 1 is 1.37 bits per heavy atom. The van der Waals surface area contributed by atoms with Crippen molar-refractivity contribution in [3.05, 3.63) is 33.1 Å². The Balaban J connectivity index is 2.38. The molecular weight excluding hydrogens is 288 g/mol. The lowest BCUT2D eigenvalue weighted by atomic mass is 10.2. The van der Waals surface area contributed by atoms with Gasteiger partial charge in [-0.1, -0.05) is 0 Å². The molecule has 0 aliphatic carbocycles. The van der Waals surface area contributed by atoms with Crippen LogP contribution in [0.4, 0.5) is 0 Å². The van der Waals surface area contributed by atoms with Crippen LogP contribution in [0.2, 0.25) is 0 Å². The van der Waals surface area contributed by atoms with E-state index in [1.165, 1.54) is 16.8 Å². The standard InChI is InChI=1S/C11H16N2O4S2/c1-18-8-6(5-14)17-10(9(8)19-2)13-4-3-7(15)12-11(13)16/h3-4,6,8-10,14H,5H2,1-2H3,(H,12,15,16)/t6-,8-,9-,10-/m1/s1. The van der Waals surface area contributed by atoms with Crippen molar-refractivity contribution in [2.75, 3.05) is 19.1 Å². The number of H-pyrrole nitrogens is 1. The Hall–Kier alpha value is -0.700. The highest BCUT2D eigenvalue weighted by Crippen LogP contribution is 2.41. The minimum absolute atomic E-state index is 0.0377. The first-order chi connectivity index (χ1) is 9.12. The molecule has 1 aliphatic heterocycles. The van der Waals surface area contributed by atoms with Gasteiger partial charge in [-0.15, -0.1) is 0 Å². The van der Waals surface area contributed by atoms with Crippen LogP contribution >= 0.6 is 23.5 Å². The number of aliphatic hydroxyl groups is 1. The number of aromatic nitrogens is 2. The van der Waals surface area contributed by atoms with Gasteiger partial charge in [0.15, 0.2) is 6.23 Å². The molecule has 0 bridgehead atoms. The van der Waals surface area contributed by atoms with Crippen LogP contribution in [-0.4, -0.2) is 50.4 Å². The molecular formula is C11H16N2O4S2.